The molecule has 0 saturated heterocycles. The van der Waals surface area contributed by atoms with Gasteiger partial charge in [0.1, 0.15) is 0 Å². The maximum Gasteiger partial charge on any atom is 0.373 e. The van der Waals surface area contributed by atoms with Gasteiger partial charge in [-0.3, -0.25) is 0 Å². The molecule has 9 heteroatoms. The molecule has 0 aliphatic rings. The summed E-state index contributed by atoms with van der Waals surface area (Å²) in [6.07, 6.45) is 5.54. The Kier molecular flexibility index (Phi) is 7.59. The maximum atomic E-state index is 10.1. The Morgan fingerprint density at radius 2 is 1.00 bits per heavy atom. The summed E-state index contributed by atoms with van der Waals surface area (Å²) in [4.78, 5) is 34.0. The largest absolute Gasteiger partial charge is 0.475 e. The molecule has 103 valence electrons. The van der Waals surface area contributed by atoms with Gasteiger partial charge in [0, 0.05) is 41.9 Å². The molecule has 2 aromatic rings. The molecule has 0 aromatic carbocycles. The normalized spacial score (nSPS) is 8.42. The van der Waals surface area contributed by atoms with E-state index in [1.807, 2.05) is 0 Å². The van der Waals surface area contributed by atoms with Gasteiger partial charge in [0.15, 0.2) is 0 Å². The van der Waals surface area contributed by atoms with E-state index in [0.29, 0.717) is 0 Å². The minimum atomic E-state index is -1.10. The summed E-state index contributed by atoms with van der Waals surface area (Å²) < 4.78 is 0. The number of nitrogens with zero attached hydrogens (tertiary/aromatic N) is 4. The number of aromatic nitrogens is 4. The van der Waals surface area contributed by atoms with Crippen molar-refractivity contribution in [2.24, 2.45) is 0 Å². The number of aromatic carboxylic acids is 2. The van der Waals surface area contributed by atoms with E-state index in [0.717, 1.165) is 0 Å². The molecule has 0 bridgehead atoms. The van der Waals surface area contributed by atoms with Crippen molar-refractivity contribution < 1.29 is 36.9 Å². The topological polar surface area (TPSA) is 126 Å². The number of hydrogen-bond acceptors (Lipinski definition) is 6. The van der Waals surface area contributed by atoms with Gasteiger partial charge in [-0.05, 0) is 12.1 Å². The van der Waals surface area contributed by atoms with Crippen molar-refractivity contribution in [3.63, 3.8) is 0 Å². The van der Waals surface area contributed by atoms with Crippen LogP contribution in [0, 0.1) is 0 Å². The van der Waals surface area contributed by atoms with E-state index >= 15 is 0 Å². The molecular weight excluding hydrogens is 304 g/mol. The summed E-state index contributed by atoms with van der Waals surface area (Å²) >= 11 is 0. The quantitative estimate of drug-likeness (QED) is 0.761. The fraction of sp³-hybridized carbons (Fsp3) is 0. The van der Waals surface area contributed by atoms with Crippen LogP contribution in [0.25, 0.3) is 0 Å². The average molecular weight is 312 g/mol. The monoisotopic (exact) mass is 311 g/mol. The van der Waals surface area contributed by atoms with Crippen molar-refractivity contribution in [1.82, 2.24) is 19.9 Å². The third-order valence-electron chi connectivity index (χ3n) is 1.51. The van der Waals surface area contributed by atoms with E-state index in [9.17, 15) is 9.59 Å². The van der Waals surface area contributed by atoms with E-state index in [1.54, 1.807) is 12.1 Å². The third kappa shape index (κ3) is 6.20. The fourth-order valence-electron chi connectivity index (χ4n) is 0.819. The van der Waals surface area contributed by atoms with Gasteiger partial charge in [-0.25, -0.2) is 29.5 Å². The minimum Gasteiger partial charge on any atom is -0.475 e. The molecule has 2 aromatic heterocycles. The molecule has 8 nitrogen and oxygen atoms in total. The van der Waals surface area contributed by atoms with Gasteiger partial charge in [-0.2, -0.15) is 0 Å². The van der Waals surface area contributed by atoms with Crippen LogP contribution in [-0.2, 0) is 17.1 Å². The average Bonchev–Trinajstić information content (AvgIpc) is 2.41. The van der Waals surface area contributed by atoms with Crippen LogP contribution in [0.1, 0.15) is 21.2 Å². The second-order valence-corrected chi connectivity index (χ2v) is 2.76. The summed E-state index contributed by atoms with van der Waals surface area (Å²) in [5.74, 6) is -2.54. The zero-order chi connectivity index (χ0) is 13.4. The predicted octanol–water partition coefficient (Wildman–Crippen LogP) is 0.347. The van der Waals surface area contributed by atoms with E-state index < -0.39 is 11.9 Å². The Labute approximate surface area is 118 Å². The Balaban J connectivity index is 0.000000324. The molecule has 2 N–H and O–H groups in total. The molecule has 0 spiro atoms. The van der Waals surface area contributed by atoms with Crippen molar-refractivity contribution >= 4 is 11.9 Å². The summed E-state index contributed by atoms with van der Waals surface area (Å²) in [6.45, 7) is 0. The van der Waals surface area contributed by atoms with E-state index in [2.05, 4.69) is 19.9 Å². The Bertz CT molecular complexity index is 474. The van der Waals surface area contributed by atoms with E-state index in [-0.39, 0.29) is 28.7 Å². The molecule has 0 amide bonds. The molecule has 19 heavy (non-hydrogen) atoms. The van der Waals surface area contributed by atoms with Crippen molar-refractivity contribution in [3.8, 4) is 0 Å². The molecular formula is C10H8CuN4O4. The van der Waals surface area contributed by atoms with Crippen LogP contribution in [0.3, 0.4) is 0 Å². The van der Waals surface area contributed by atoms with Crippen molar-refractivity contribution in [2.45, 2.75) is 0 Å². The first-order chi connectivity index (χ1) is 8.61. The van der Waals surface area contributed by atoms with Crippen LogP contribution in [0.4, 0.5) is 0 Å². The standard InChI is InChI=1S/2C5H4N2O2.Cu/c2*8-5(9)4-6-2-1-3-7-4;/h2*1-3H,(H,8,9);. The predicted molar refractivity (Wildman–Crippen MR) is 58.0 cm³/mol. The summed E-state index contributed by atoms with van der Waals surface area (Å²) in [7, 11) is 0. The zero-order valence-electron chi connectivity index (χ0n) is 9.27. The molecule has 0 atom stereocenters. The van der Waals surface area contributed by atoms with Crippen LogP contribution in [0.15, 0.2) is 36.9 Å². The zero-order valence-corrected chi connectivity index (χ0v) is 10.2. The third-order valence-corrected chi connectivity index (χ3v) is 1.51. The molecule has 1 radical (unpaired) electrons. The molecule has 2 heterocycles. The molecule has 2 rings (SSSR count). The van der Waals surface area contributed by atoms with Gasteiger partial charge in [0.05, 0.1) is 0 Å². The number of hydrogen-bond donors (Lipinski definition) is 2. The smallest absolute Gasteiger partial charge is 0.373 e. The van der Waals surface area contributed by atoms with Gasteiger partial charge in [-0.1, -0.05) is 0 Å². The molecule has 0 aliphatic heterocycles. The van der Waals surface area contributed by atoms with Crippen LogP contribution in [0.5, 0.6) is 0 Å². The van der Waals surface area contributed by atoms with Crippen molar-refractivity contribution in [3.05, 3.63) is 48.6 Å². The van der Waals surface area contributed by atoms with Gasteiger partial charge in [0.2, 0.25) is 11.6 Å². The second kappa shape index (κ2) is 8.67. The minimum absolute atomic E-state index is 0. The van der Waals surface area contributed by atoms with E-state index in [4.69, 9.17) is 10.2 Å². The molecule has 0 unspecified atom stereocenters. The van der Waals surface area contributed by atoms with Gasteiger partial charge < -0.3 is 10.2 Å². The van der Waals surface area contributed by atoms with E-state index in [1.165, 1.54) is 24.8 Å². The number of carbonyl (C=O) groups is 2. The fourth-order valence-corrected chi connectivity index (χ4v) is 0.819. The van der Waals surface area contributed by atoms with Gasteiger partial charge in [-0.15, -0.1) is 0 Å². The van der Waals surface area contributed by atoms with Crippen molar-refractivity contribution in [2.75, 3.05) is 0 Å². The van der Waals surface area contributed by atoms with Crippen LogP contribution in [0.2, 0.25) is 0 Å². The second-order valence-electron chi connectivity index (χ2n) is 2.76. The van der Waals surface area contributed by atoms with Gasteiger partial charge in [0.25, 0.3) is 0 Å². The molecule has 0 fully saturated rings. The van der Waals surface area contributed by atoms with Crippen molar-refractivity contribution in [1.29, 1.82) is 0 Å². The summed E-state index contributed by atoms with van der Waals surface area (Å²) in [5, 5.41) is 16.5. The first kappa shape index (κ1) is 16.6. The Morgan fingerprint density at radius 3 is 1.16 bits per heavy atom. The molecule has 0 aliphatic carbocycles. The first-order valence-corrected chi connectivity index (χ1v) is 4.62. The van der Waals surface area contributed by atoms with Gasteiger partial charge >= 0.3 is 11.9 Å². The first-order valence-electron chi connectivity index (χ1n) is 4.62. The Morgan fingerprint density at radius 1 is 0.737 bits per heavy atom. The number of carboxylic acids is 2. The SMILES string of the molecule is O=C(O)c1ncccn1.O=C(O)c1ncccn1.[Cu]. The van der Waals surface area contributed by atoms with Crippen LogP contribution >= 0.6 is 0 Å². The number of rotatable bonds is 2. The molecule has 0 saturated carbocycles. The maximum absolute atomic E-state index is 10.1. The summed E-state index contributed by atoms with van der Waals surface area (Å²) in [6, 6.07) is 3.12. The summed E-state index contributed by atoms with van der Waals surface area (Å²) in [5.41, 5.74) is 0. The number of carboxylic acid groups (broad SMARTS) is 2. The van der Waals surface area contributed by atoms with Crippen LogP contribution < -0.4 is 0 Å². The van der Waals surface area contributed by atoms with Crippen LogP contribution in [-0.4, -0.2) is 42.1 Å². The Hall–Kier alpha value is -2.38.